The van der Waals surface area contributed by atoms with Crippen molar-refractivity contribution >= 4 is 6.03 Å². The maximum atomic E-state index is 11.6. The van der Waals surface area contributed by atoms with E-state index in [2.05, 4.69) is 5.32 Å². The third-order valence-corrected chi connectivity index (χ3v) is 2.62. The molecule has 0 unspecified atom stereocenters. The van der Waals surface area contributed by atoms with Gasteiger partial charge in [0.05, 0.1) is 6.26 Å². The van der Waals surface area contributed by atoms with Gasteiger partial charge in [-0.05, 0) is 25.0 Å². The molecule has 4 heteroatoms. The van der Waals surface area contributed by atoms with Crippen molar-refractivity contribution in [1.29, 1.82) is 0 Å². The first-order valence-corrected chi connectivity index (χ1v) is 5.41. The first-order chi connectivity index (χ1) is 7.36. The van der Waals surface area contributed by atoms with Gasteiger partial charge in [0.1, 0.15) is 5.76 Å². The Labute approximate surface area is 89.2 Å². The molecule has 1 aliphatic heterocycles. The predicted molar refractivity (Wildman–Crippen MR) is 56.6 cm³/mol. The van der Waals surface area contributed by atoms with Gasteiger partial charge in [-0.1, -0.05) is 0 Å². The molecule has 82 valence electrons. The SMILES string of the molecule is O=C(NCCc1ccco1)N1CCCC1. The average molecular weight is 208 g/mol. The molecule has 1 saturated heterocycles. The number of carbonyl (C=O) groups excluding carboxylic acids is 1. The third-order valence-electron chi connectivity index (χ3n) is 2.62. The second kappa shape index (κ2) is 4.87. The van der Waals surface area contributed by atoms with Crippen LogP contribution < -0.4 is 5.32 Å². The van der Waals surface area contributed by atoms with E-state index >= 15 is 0 Å². The topological polar surface area (TPSA) is 45.5 Å². The summed E-state index contributed by atoms with van der Waals surface area (Å²) < 4.78 is 5.18. The Kier molecular flexibility index (Phi) is 3.27. The summed E-state index contributed by atoms with van der Waals surface area (Å²) in [6, 6.07) is 3.83. The molecule has 0 spiro atoms. The molecule has 0 aliphatic carbocycles. The number of hydrogen-bond acceptors (Lipinski definition) is 2. The van der Waals surface area contributed by atoms with Gasteiger partial charge in [0.25, 0.3) is 0 Å². The predicted octanol–water partition coefficient (Wildman–Crippen LogP) is 1.63. The number of furan rings is 1. The highest BCUT2D eigenvalue weighted by Gasteiger charge is 2.16. The van der Waals surface area contributed by atoms with E-state index in [0.717, 1.165) is 38.1 Å². The zero-order valence-corrected chi connectivity index (χ0v) is 8.74. The summed E-state index contributed by atoms with van der Waals surface area (Å²) in [5.41, 5.74) is 0. The van der Waals surface area contributed by atoms with Crippen LogP contribution in [0.1, 0.15) is 18.6 Å². The molecule has 1 aliphatic rings. The second-order valence-electron chi connectivity index (χ2n) is 3.76. The van der Waals surface area contributed by atoms with E-state index in [0.29, 0.717) is 6.54 Å². The van der Waals surface area contributed by atoms with Gasteiger partial charge in [0.2, 0.25) is 0 Å². The summed E-state index contributed by atoms with van der Waals surface area (Å²) in [5.74, 6) is 0.914. The Balaban J connectivity index is 1.67. The standard InChI is InChI=1S/C11H16N2O2/c14-11(13-7-1-2-8-13)12-6-5-10-4-3-9-15-10/h3-4,9H,1-2,5-8H2,(H,12,14). The van der Waals surface area contributed by atoms with E-state index in [-0.39, 0.29) is 6.03 Å². The number of hydrogen-bond donors (Lipinski definition) is 1. The molecule has 1 N–H and O–H groups in total. The van der Waals surface area contributed by atoms with Crippen LogP contribution in [0.25, 0.3) is 0 Å². The zero-order valence-electron chi connectivity index (χ0n) is 8.74. The Bertz CT molecular complexity index is 302. The quantitative estimate of drug-likeness (QED) is 0.820. The largest absolute Gasteiger partial charge is 0.469 e. The Hall–Kier alpha value is -1.45. The Morgan fingerprint density at radius 1 is 1.47 bits per heavy atom. The van der Waals surface area contributed by atoms with Gasteiger partial charge in [-0.2, -0.15) is 0 Å². The summed E-state index contributed by atoms with van der Waals surface area (Å²) >= 11 is 0. The minimum absolute atomic E-state index is 0.0547. The fourth-order valence-electron chi connectivity index (χ4n) is 1.78. The minimum atomic E-state index is 0.0547. The molecule has 2 heterocycles. The maximum absolute atomic E-state index is 11.6. The Morgan fingerprint density at radius 2 is 2.27 bits per heavy atom. The van der Waals surface area contributed by atoms with Gasteiger partial charge >= 0.3 is 6.03 Å². The fourth-order valence-corrected chi connectivity index (χ4v) is 1.78. The van der Waals surface area contributed by atoms with Crippen LogP contribution in [0, 0.1) is 0 Å². The maximum Gasteiger partial charge on any atom is 0.317 e. The van der Waals surface area contributed by atoms with Crippen LogP contribution in [0.4, 0.5) is 4.79 Å². The lowest BCUT2D eigenvalue weighted by Crippen LogP contribution is -2.38. The minimum Gasteiger partial charge on any atom is -0.469 e. The molecule has 0 aromatic carbocycles. The van der Waals surface area contributed by atoms with Crippen molar-refractivity contribution in [3.8, 4) is 0 Å². The first kappa shape index (κ1) is 10.1. The van der Waals surface area contributed by atoms with Crippen molar-refractivity contribution in [1.82, 2.24) is 10.2 Å². The van der Waals surface area contributed by atoms with Crippen LogP contribution in [-0.2, 0) is 6.42 Å². The van der Waals surface area contributed by atoms with Crippen LogP contribution in [0.3, 0.4) is 0 Å². The zero-order chi connectivity index (χ0) is 10.5. The third kappa shape index (κ3) is 2.75. The number of nitrogens with one attached hydrogen (secondary N) is 1. The van der Waals surface area contributed by atoms with Gasteiger partial charge in [0, 0.05) is 26.1 Å². The van der Waals surface area contributed by atoms with Crippen molar-refractivity contribution in [2.45, 2.75) is 19.3 Å². The molecule has 4 nitrogen and oxygen atoms in total. The highest BCUT2D eigenvalue weighted by atomic mass is 16.3. The summed E-state index contributed by atoms with van der Waals surface area (Å²) in [5, 5.41) is 2.89. The van der Waals surface area contributed by atoms with Crippen LogP contribution in [0.15, 0.2) is 22.8 Å². The molecule has 2 rings (SSSR count). The second-order valence-corrected chi connectivity index (χ2v) is 3.76. The van der Waals surface area contributed by atoms with Gasteiger partial charge in [-0.15, -0.1) is 0 Å². The highest BCUT2D eigenvalue weighted by Crippen LogP contribution is 2.07. The summed E-state index contributed by atoms with van der Waals surface area (Å²) in [6.45, 7) is 2.43. The number of nitrogens with zero attached hydrogens (tertiary/aromatic N) is 1. The number of urea groups is 1. The van der Waals surface area contributed by atoms with Crippen LogP contribution in [-0.4, -0.2) is 30.6 Å². The van der Waals surface area contributed by atoms with E-state index in [9.17, 15) is 4.79 Å². The molecule has 1 aromatic rings. The van der Waals surface area contributed by atoms with Crippen LogP contribution in [0.5, 0.6) is 0 Å². The number of likely N-dealkylation sites (tertiary alicyclic amines) is 1. The van der Waals surface area contributed by atoms with E-state index in [1.807, 2.05) is 17.0 Å². The van der Waals surface area contributed by atoms with E-state index in [1.54, 1.807) is 6.26 Å². The lowest BCUT2D eigenvalue weighted by Gasteiger charge is -2.15. The molecular weight excluding hydrogens is 192 g/mol. The molecule has 1 aromatic heterocycles. The molecular formula is C11H16N2O2. The number of carbonyl (C=O) groups is 1. The van der Waals surface area contributed by atoms with Crippen molar-refractivity contribution in [3.63, 3.8) is 0 Å². The van der Waals surface area contributed by atoms with Crippen molar-refractivity contribution in [2.75, 3.05) is 19.6 Å². The first-order valence-electron chi connectivity index (χ1n) is 5.41. The molecule has 15 heavy (non-hydrogen) atoms. The highest BCUT2D eigenvalue weighted by molar-refractivity contribution is 5.74. The lowest BCUT2D eigenvalue weighted by atomic mass is 10.3. The van der Waals surface area contributed by atoms with E-state index in [1.165, 1.54) is 0 Å². The monoisotopic (exact) mass is 208 g/mol. The summed E-state index contributed by atoms with van der Waals surface area (Å²) in [4.78, 5) is 13.4. The van der Waals surface area contributed by atoms with Crippen LogP contribution in [0.2, 0.25) is 0 Å². The Morgan fingerprint density at radius 3 is 2.93 bits per heavy atom. The summed E-state index contributed by atoms with van der Waals surface area (Å²) in [6.07, 6.45) is 4.67. The number of amides is 2. The van der Waals surface area contributed by atoms with Gasteiger partial charge in [0.15, 0.2) is 0 Å². The van der Waals surface area contributed by atoms with Crippen molar-refractivity contribution < 1.29 is 9.21 Å². The summed E-state index contributed by atoms with van der Waals surface area (Å²) in [7, 11) is 0. The molecule has 1 fully saturated rings. The molecule has 0 atom stereocenters. The van der Waals surface area contributed by atoms with Gasteiger partial charge in [-0.25, -0.2) is 4.79 Å². The average Bonchev–Trinajstić information content (AvgIpc) is 2.90. The van der Waals surface area contributed by atoms with E-state index in [4.69, 9.17) is 4.42 Å². The lowest BCUT2D eigenvalue weighted by molar-refractivity contribution is 0.209. The molecule has 0 bridgehead atoms. The normalized spacial score (nSPS) is 15.6. The smallest absolute Gasteiger partial charge is 0.317 e. The molecule has 0 radical (unpaired) electrons. The molecule has 0 saturated carbocycles. The van der Waals surface area contributed by atoms with Crippen molar-refractivity contribution in [2.24, 2.45) is 0 Å². The van der Waals surface area contributed by atoms with Gasteiger partial charge < -0.3 is 14.6 Å². The van der Waals surface area contributed by atoms with Gasteiger partial charge in [-0.3, -0.25) is 0 Å². The fraction of sp³-hybridized carbons (Fsp3) is 0.545. The van der Waals surface area contributed by atoms with Crippen molar-refractivity contribution in [3.05, 3.63) is 24.2 Å². The van der Waals surface area contributed by atoms with Crippen LogP contribution >= 0.6 is 0 Å². The van der Waals surface area contributed by atoms with E-state index < -0.39 is 0 Å². The molecule has 2 amide bonds. The number of rotatable bonds is 3.